The average molecular weight is 913 g/mol. The lowest BCUT2D eigenvalue weighted by molar-refractivity contribution is 1.30. The first-order chi connectivity index (χ1) is 35.7. The second-order valence-corrected chi connectivity index (χ2v) is 19.2. The summed E-state index contributed by atoms with van der Waals surface area (Å²) in [5, 5.41) is 20.0. The molecule has 0 unspecified atom stereocenters. The topological polar surface area (TPSA) is 6.48 Å². The molecule has 2 nitrogen and oxygen atoms in total. The molecule has 0 aliphatic rings. The monoisotopic (exact) mass is 912 g/mol. The number of benzene rings is 15. The molecule has 0 aromatic heterocycles. The molecule has 0 spiro atoms. The van der Waals surface area contributed by atoms with Crippen LogP contribution in [0.4, 0.5) is 34.1 Å². The van der Waals surface area contributed by atoms with Crippen LogP contribution in [0.5, 0.6) is 0 Å². The van der Waals surface area contributed by atoms with Gasteiger partial charge in [-0.3, -0.25) is 0 Å². The van der Waals surface area contributed by atoms with Gasteiger partial charge in [0.05, 0.1) is 17.1 Å². The molecule has 0 saturated heterocycles. The molecule has 72 heavy (non-hydrogen) atoms. The smallest absolute Gasteiger partial charge is 0.0540 e. The summed E-state index contributed by atoms with van der Waals surface area (Å²) in [5.41, 5.74) is 11.4. The average Bonchev–Trinajstić information content (AvgIpc) is 3.45. The SMILES string of the molecule is c1ccc(-c2cc(N(c3ccccc3)c3ccc4ccc5cccc6ccc3c4c56)cc3ccc4c(N(c5ccccc5)c5ccc6ccc7cccc8ccc5c6c78)ccc(-c5ccccc5)c4c23)cc1. The molecule has 0 saturated carbocycles. The van der Waals surface area contributed by atoms with Gasteiger partial charge in [0.15, 0.2) is 0 Å². The molecular weight excluding hydrogens is 869 g/mol. The Balaban J connectivity index is 1.04. The summed E-state index contributed by atoms with van der Waals surface area (Å²) >= 11 is 0. The Hall–Kier alpha value is -9.50. The number of fused-ring (bicyclic) bond motifs is 3. The normalized spacial score (nSPS) is 11.9. The van der Waals surface area contributed by atoms with E-state index >= 15 is 0 Å². The lowest BCUT2D eigenvalue weighted by Crippen LogP contribution is -2.12. The highest BCUT2D eigenvalue weighted by Gasteiger charge is 2.25. The van der Waals surface area contributed by atoms with Crippen molar-refractivity contribution < 1.29 is 0 Å². The van der Waals surface area contributed by atoms with Crippen molar-refractivity contribution in [2.45, 2.75) is 0 Å². The predicted molar refractivity (Wildman–Crippen MR) is 309 cm³/mol. The van der Waals surface area contributed by atoms with Crippen LogP contribution in [-0.2, 0) is 0 Å². The maximum Gasteiger partial charge on any atom is 0.0540 e. The van der Waals surface area contributed by atoms with Crippen molar-refractivity contribution in [1.29, 1.82) is 0 Å². The van der Waals surface area contributed by atoms with Crippen molar-refractivity contribution in [3.63, 3.8) is 0 Å². The molecule has 334 valence electrons. The van der Waals surface area contributed by atoms with E-state index in [1.54, 1.807) is 0 Å². The van der Waals surface area contributed by atoms with Gasteiger partial charge in [0.25, 0.3) is 0 Å². The van der Waals surface area contributed by atoms with E-state index in [2.05, 4.69) is 277 Å². The minimum atomic E-state index is 1.10. The second kappa shape index (κ2) is 16.0. The lowest BCUT2D eigenvalue weighted by Gasteiger charge is -2.30. The molecule has 2 heteroatoms. The van der Waals surface area contributed by atoms with E-state index in [1.165, 1.54) is 103 Å². The Bertz CT molecular complexity index is 4520. The number of hydrogen-bond acceptors (Lipinski definition) is 2. The molecule has 0 atom stereocenters. The minimum absolute atomic E-state index is 1.10. The zero-order chi connectivity index (χ0) is 47.3. The fourth-order valence-corrected chi connectivity index (χ4v) is 12.1. The standard InChI is InChI=1S/C70H44N2/c1-5-15-45(16-6-1)57-39-42-64(72(55-25-11-4-12-26-55)63-41-35-52-30-28-48-20-14-22-50-32-37-59(63)68(52)66(48)50)60-38-33-53-43-56(44-61(69(53)70(57)60)46-17-7-2-8-18-46)71(54-23-9-3-10-24-54)62-40-34-51-29-27-47-19-13-21-49-31-36-58(62)67(51)65(47)49/h1-44H. The fourth-order valence-electron chi connectivity index (χ4n) is 12.1. The highest BCUT2D eigenvalue weighted by Crippen LogP contribution is 2.51. The highest BCUT2D eigenvalue weighted by molar-refractivity contribution is 6.29. The van der Waals surface area contributed by atoms with Gasteiger partial charge in [0.1, 0.15) is 0 Å². The molecule has 0 N–H and O–H groups in total. The van der Waals surface area contributed by atoms with Crippen LogP contribution in [0.3, 0.4) is 0 Å². The van der Waals surface area contributed by atoms with E-state index in [9.17, 15) is 0 Å². The first kappa shape index (κ1) is 40.4. The van der Waals surface area contributed by atoms with Crippen LogP contribution < -0.4 is 9.80 Å². The quantitative estimate of drug-likeness (QED) is 0.140. The summed E-state index contributed by atoms with van der Waals surface area (Å²) in [6.45, 7) is 0. The highest BCUT2D eigenvalue weighted by atomic mass is 15.2. The van der Waals surface area contributed by atoms with Crippen LogP contribution in [0.15, 0.2) is 267 Å². The molecule has 0 radical (unpaired) electrons. The minimum Gasteiger partial charge on any atom is -0.310 e. The predicted octanol–water partition coefficient (Wildman–Crippen LogP) is 20.1. The Kier molecular flexibility index (Phi) is 8.99. The van der Waals surface area contributed by atoms with Crippen molar-refractivity contribution >= 4 is 120 Å². The third-order valence-corrected chi connectivity index (χ3v) is 15.2. The van der Waals surface area contributed by atoms with Gasteiger partial charge in [-0.05, 0) is 141 Å². The summed E-state index contributed by atoms with van der Waals surface area (Å²) in [6, 6.07) is 99.0. The summed E-state index contributed by atoms with van der Waals surface area (Å²) in [5.74, 6) is 0. The molecule has 15 aromatic rings. The molecule has 0 fully saturated rings. The number of hydrogen-bond donors (Lipinski definition) is 0. The first-order valence-electron chi connectivity index (χ1n) is 24.9. The van der Waals surface area contributed by atoms with Gasteiger partial charge in [-0.2, -0.15) is 0 Å². The Labute approximate surface area is 417 Å². The summed E-state index contributed by atoms with van der Waals surface area (Å²) in [7, 11) is 0. The number of para-hydroxylation sites is 2. The van der Waals surface area contributed by atoms with Crippen molar-refractivity contribution in [3.05, 3.63) is 267 Å². The Morgan fingerprint density at radius 3 is 1.08 bits per heavy atom. The first-order valence-corrected chi connectivity index (χ1v) is 24.9. The van der Waals surface area contributed by atoms with Gasteiger partial charge in [-0.1, -0.05) is 212 Å². The molecular formula is C70H44N2. The van der Waals surface area contributed by atoms with Gasteiger partial charge in [0, 0.05) is 38.6 Å². The van der Waals surface area contributed by atoms with Crippen molar-refractivity contribution in [2.24, 2.45) is 0 Å². The third kappa shape index (κ3) is 6.16. The van der Waals surface area contributed by atoms with Crippen LogP contribution >= 0.6 is 0 Å². The van der Waals surface area contributed by atoms with Crippen LogP contribution in [0.1, 0.15) is 0 Å². The van der Waals surface area contributed by atoms with E-state index in [1.807, 2.05) is 0 Å². The van der Waals surface area contributed by atoms with Gasteiger partial charge in [-0.25, -0.2) is 0 Å². The maximum atomic E-state index is 2.50. The van der Waals surface area contributed by atoms with E-state index < -0.39 is 0 Å². The van der Waals surface area contributed by atoms with Crippen LogP contribution in [0.25, 0.3) is 108 Å². The van der Waals surface area contributed by atoms with Gasteiger partial charge < -0.3 is 9.80 Å². The van der Waals surface area contributed by atoms with Gasteiger partial charge >= 0.3 is 0 Å². The number of rotatable bonds is 8. The van der Waals surface area contributed by atoms with Crippen LogP contribution in [-0.4, -0.2) is 0 Å². The molecule has 0 bridgehead atoms. The summed E-state index contributed by atoms with van der Waals surface area (Å²) < 4.78 is 0. The zero-order valence-corrected chi connectivity index (χ0v) is 39.3. The Morgan fingerprint density at radius 2 is 0.569 bits per heavy atom. The van der Waals surface area contributed by atoms with Gasteiger partial charge in [-0.15, -0.1) is 0 Å². The molecule has 0 heterocycles. The molecule has 0 amide bonds. The lowest BCUT2D eigenvalue weighted by atomic mass is 9.87. The number of anilines is 6. The molecule has 15 aromatic carbocycles. The van der Waals surface area contributed by atoms with Crippen molar-refractivity contribution in [2.75, 3.05) is 9.80 Å². The molecule has 0 aliphatic heterocycles. The largest absolute Gasteiger partial charge is 0.310 e. The van der Waals surface area contributed by atoms with E-state index in [4.69, 9.17) is 0 Å². The second-order valence-electron chi connectivity index (χ2n) is 19.2. The Morgan fingerprint density at radius 1 is 0.194 bits per heavy atom. The van der Waals surface area contributed by atoms with Crippen molar-refractivity contribution in [1.82, 2.24) is 0 Å². The van der Waals surface area contributed by atoms with E-state index in [0.717, 1.165) is 39.7 Å². The fraction of sp³-hybridized carbons (Fsp3) is 0. The molecule has 0 aliphatic carbocycles. The van der Waals surface area contributed by atoms with E-state index in [0.29, 0.717) is 0 Å². The summed E-state index contributed by atoms with van der Waals surface area (Å²) in [4.78, 5) is 4.97. The van der Waals surface area contributed by atoms with Crippen LogP contribution in [0.2, 0.25) is 0 Å². The summed E-state index contributed by atoms with van der Waals surface area (Å²) in [6.07, 6.45) is 0. The van der Waals surface area contributed by atoms with E-state index in [-0.39, 0.29) is 0 Å². The van der Waals surface area contributed by atoms with Crippen molar-refractivity contribution in [3.8, 4) is 22.3 Å². The number of nitrogens with zero attached hydrogens (tertiary/aromatic N) is 2. The zero-order valence-electron chi connectivity index (χ0n) is 39.3. The molecule has 15 rings (SSSR count). The maximum absolute atomic E-state index is 2.50. The van der Waals surface area contributed by atoms with Gasteiger partial charge in [0.2, 0.25) is 0 Å². The third-order valence-electron chi connectivity index (χ3n) is 15.2. The van der Waals surface area contributed by atoms with Crippen LogP contribution in [0, 0.1) is 0 Å².